The first-order chi connectivity index (χ1) is 14.0. The third-order valence-corrected chi connectivity index (χ3v) is 9.96. The minimum absolute atomic E-state index is 1.21. The van der Waals surface area contributed by atoms with E-state index in [9.17, 15) is 0 Å². The monoisotopic (exact) mass is 474 g/mol. The number of fused-ring (bicyclic) bond motifs is 2. The molecule has 30 heavy (non-hydrogen) atoms. The molecule has 4 aromatic rings. The van der Waals surface area contributed by atoms with Gasteiger partial charge in [-0.25, -0.2) is 0 Å². The molecule has 0 N–H and O–H groups in total. The number of benzene rings is 2. The van der Waals surface area contributed by atoms with Crippen LogP contribution in [0.2, 0.25) is 0 Å². The summed E-state index contributed by atoms with van der Waals surface area (Å²) in [7, 11) is 11.0. The van der Waals surface area contributed by atoms with E-state index in [-0.39, 0.29) is 0 Å². The molecule has 0 amide bonds. The van der Waals surface area contributed by atoms with Crippen LogP contribution in [-0.4, -0.2) is 3.81 Å². The summed E-state index contributed by atoms with van der Waals surface area (Å²) in [6.07, 6.45) is 0. The molecule has 0 nitrogen and oxygen atoms in total. The normalized spacial score (nSPS) is 10.3. The van der Waals surface area contributed by atoms with Gasteiger partial charge < -0.3 is 0 Å². The van der Waals surface area contributed by atoms with Gasteiger partial charge in [-0.1, -0.05) is 51.0 Å². The molecule has 0 aliphatic carbocycles. The third kappa shape index (κ3) is 5.95. The Hall–Kier alpha value is -1.18. The minimum Gasteiger partial charge on any atom is -0.153 e. The topological polar surface area (TPSA) is 0 Å². The predicted molar refractivity (Wildman–Crippen MR) is 136 cm³/mol. The van der Waals surface area contributed by atoms with Gasteiger partial charge in [0.2, 0.25) is 0 Å². The Bertz CT molecular complexity index is 1090. The fourth-order valence-electron chi connectivity index (χ4n) is 3.72. The van der Waals surface area contributed by atoms with E-state index >= 15 is 0 Å². The van der Waals surface area contributed by atoms with E-state index in [1.54, 1.807) is 0 Å². The zero-order chi connectivity index (χ0) is 22.6. The van der Waals surface area contributed by atoms with Crippen molar-refractivity contribution >= 4 is 44.0 Å². The van der Waals surface area contributed by atoms with Gasteiger partial charge in [-0.3, -0.25) is 0 Å². The van der Waals surface area contributed by atoms with Gasteiger partial charge in [0.1, 0.15) is 0 Å². The average Bonchev–Trinajstić information content (AvgIpc) is 3.13. The van der Waals surface area contributed by atoms with E-state index in [2.05, 4.69) is 90.1 Å². The summed E-state index contributed by atoms with van der Waals surface area (Å²) >= 11 is -1.60. The molecule has 0 bridgehead atoms. The molecule has 0 saturated carbocycles. The van der Waals surface area contributed by atoms with Crippen molar-refractivity contribution in [3.05, 3.63) is 81.9 Å². The van der Waals surface area contributed by atoms with Crippen molar-refractivity contribution < 1.29 is 15.3 Å². The molecule has 0 heterocycles. The maximum absolute atomic E-state index is 5.51. The summed E-state index contributed by atoms with van der Waals surface area (Å²) < 4.78 is 1.21. The summed E-state index contributed by atoms with van der Waals surface area (Å²) in [5.41, 5.74) is 8.45. The molecule has 0 unspecified atom stereocenters. The van der Waals surface area contributed by atoms with E-state index < -0.39 is 15.3 Å². The number of halogens is 2. The second-order valence-corrected chi connectivity index (χ2v) is 14.5. The standard InChI is InChI=1S/2C12H13.C3H6.2ClH.Ti/c2*1-8-5-4-6-11-7-9(2)10(3)12(8)11;1-3-2;;;/h2*4-7H,1-3H3;1-2H3;2*1H;/q2*-1;;;;+2/p-2. The van der Waals surface area contributed by atoms with Crippen molar-refractivity contribution in [3.8, 4) is 0 Å². The molecule has 4 aromatic carbocycles. The van der Waals surface area contributed by atoms with E-state index in [0.717, 1.165) is 0 Å². The van der Waals surface area contributed by atoms with Crippen LogP contribution in [0.1, 0.15) is 47.2 Å². The van der Waals surface area contributed by atoms with Crippen LogP contribution < -0.4 is 0 Å². The second-order valence-electron chi connectivity index (χ2n) is 8.24. The van der Waals surface area contributed by atoms with Crippen molar-refractivity contribution in [2.75, 3.05) is 0 Å². The second kappa shape index (κ2) is 10.9. The SMILES string of the molecule is C[C](C)=[Ti]([Cl])[Cl].Cc1[cH-]c2cccc(C)c2c1C.Cc1[cH-]c2cccc(C)c2c1C. The van der Waals surface area contributed by atoms with Crippen LogP contribution in [0.3, 0.4) is 0 Å². The van der Waals surface area contributed by atoms with E-state index in [1.807, 2.05) is 13.8 Å². The zero-order valence-electron chi connectivity index (χ0n) is 19.4. The molecular formula is C27H32Cl2Ti-2. The third-order valence-electron chi connectivity index (χ3n) is 5.67. The molecule has 0 fully saturated rings. The molecule has 0 saturated heterocycles. The molecule has 160 valence electrons. The summed E-state index contributed by atoms with van der Waals surface area (Å²) in [4.78, 5) is 0. The van der Waals surface area contributed by atoms with Gasteiger partial charge in [0.15, 0.2) is 0 Å². The Balaban J connectivity index is 0.000000171. The molecular weight excluding hydrogens is 443 g/mol. The van der Waals surface area contributed by atoms with E-state index in [0.29, 0.717) is 0 Å². The Morgan fingerprint density at radius 1 is 0.667 bits per heavy atom. The Morgan fingerprint density at radius 2 is 1.00 bits per heavy atom. The molecule has 0 aliphatic rings. The van der Waals surface area contributed by atoms with E-state index in [4.69, 9.17) is 18.6 Å². The maximum Gasteiger partial charge on any atom is -0.0488 e. The first-order valence-electron chi connectivity index (χ1n) is 10.3. The van der Waals surface area contributed by atoms with Gasteiger partial charge >= 0.3 is 51.6 Å². The number of aryl methyl sites for hydroxylation is 6. The van der Waals surface area contributed by atoms with Crippen molar-refractivity contribution in [2.24, 2.45) is 0 Å². The van der Waals surface area contributed by atoms with Crippen molar-refractivity contribution in [2.45, 2.75) is 55.4 Å². The van der Waals surface area contributed by atoms with Crippen molar-refractivity contribution in [1.29, 1.82) is 0 Å². The summed E-state index contributed by atoms with van der Waals surface area (Å²) in [5.74, 6) is 0. The van der Waals surface area contributed by atoms with Gasteiger partial charge in [0.25, 0.3) is 0 Å². The van der Waals surface area contributed by atoms with Gasteiger partial charge in [-0.15, -0.1) is 69.1 Å². The van der Waals surface area contributed by atoms with Gasteiger partial charge in [0.05, 0.1) is 0 Å². The smallest absolute Gasteiger partial charge is 0.0488 e. The number of hydrogen-bond acceptors (Lipinski definition) is 0. The van der Waals surface area contributed by atoms with E-state index in [1.165, 1.54) is 58.7 Å². The fourth-order valence-corrected chi connectivity index (χ4v) is 3.72. The van der Waals surface area contributed by atoms with Gasteiger partial charge in [-0.05, 0) is 13.8 Å². The molecule has 4 rings (SSSR count). The molecule has 0 radical (unpaired) electrons. The molecule has 0 aliphatic heterocycles. The Labute approximate surface area is 195 Å². The van der Waals surface area contributed by atoms with Crippen LogP contribution >= 0.6 is 18.6 Å². The first kappa shape index (κ1) is 25.1. The van der Waals surface area contributed by atoms with Gasteiger partial charge in [0, 0.05) is 0 Å². The van der Waals surface area contributed by atoms with Crippen molar-refractivity contribution in [3.63, 3.8) is 0 Å². The molecule has 0 atom stereocenters. The van der Waals surface area contributed by atoms with Crippen LogP contribution in [0, 0.1) is 41.5 Å². The van der Waals surface area contributed by atoms with Crippen LogP contribution in [0.15, 0.2) is 48.5 Å². The summed E-state index contributed by atoms with van der Waals surface area (Å²) in [5, 5.41) is 5.64. The largest absolute Gasteiger partial charge is 0.153 e. The quantitative estimate of drug-likeness (QED) is 0.176. The Morgan fingerprint density at radius 3 is 1.27 bits per heavy atom. The predicted octanol–water partition coefficient (Wildman–Crippen LogP) is 9.09. The zero-order valence-corrected chi connectivity index (χ0v) is 22.4. The van der Waals surface area contributed by atoms with Crippen LogP contribution in [0.5, 0.6) is 0 Å². The van der Waals surface area contributed by atoms with Crippen molar-refractivity contribution in [1.82, 2.24) is 0 Å². The average molecular weight is 475 g/mol. The van der Waals surface area contributed by atoms with Gasteiger partial charge in [-0.2, -0.15) is 11.1 Å². The summed E-state index contributed by atoms with van der Waals surface area (Å²) in [6.45, 7) is 17.0. The van der Waals surface area contributed by atoms with Crippen LogP contribution in [0.4, 0.5) is 0 Å². The fraction of sp³-hybridized carbons (Fsp3) is 0.296. The van der Waals surface area contributed by atoms with Crippen LogP contribution in [-0.2, 0) is 15.3 Å². The molecule has 0 aromatic heterocycles. The van der Waals surface area contributed by atoms with Crippen LogP contribution in [0.25, 0.3) is 21.5 Å². The molecule has 0 spiro atoms. The molecule has 3 heteroatoms. The summed E-state index contributed by atoms with van der Waals surface area (Å²) in [6, 6.07) is 17.5. The number of rotatable bonds is 0. The first-order valence-corrected chi connectivity index (χ1v) is 15.3. The maximum atomic E-state index is 5.51. The Kier molecular flexibility index (Phi) is 9.13. The number of hydrogen-bond donors (Lipinski definition) is 0. The minimum atomic E-state index is -1.60.